The lowest BCUT2D eigenvalue weighted by Gasteiger charge is -2.27. The maximum atomic E-state index is 13.4. The Balaban J connectivity index is 1.85. The molecule has 8 nitrogen and oxygen atoms in total. The van der Waals surface area contributed by atoms with Crippen molar-refractivity contribution >= 4 is 17.5 Å². The molecule has 0 spiro atoms. The Kier molecular flexibility index (Phi) is 7.33. The summed E-state index contributed by atoms with van der Waals surface area (Å²) in [5, 5.41) is 18.5. The van der Waals surface area contributed by atoms with Gasteiger partial charge in [-0.25, -0.2) is 0 Å². The molecule has 0 saturated heterocycles. The molecule has 1 aromatic heterocycles. The summed E-state index contributed by atoms with van der Waals surface area (Å²) in [4.78, 5) is 15.2. The highest BCUT2D eigenvalue weighted by atomic mass is 35.5. The topological polar surface area (TPSA) is 96.9 Å². The van der Waals surface area contributed by atoms with Gasteiger partial charge in [0, 0.05) is 36.4 Å². The molecule has 1 unspecified atom stereocenters. The number of nitrogens with one attached hydrogen (secondary N) is 1. The number of aryl methyl sites for hydroxylation is 1. The number of phenolic OH excluding ortho intramolecular Hbond substituents is 1. The zero-order valence-corrected chi connectivity index (χ0v) is 20.7. The molecule has 0 saturated carbocycles. The van der Waals surface area contributed by atoms with E-state index < -0.39 is 6.04 Å². The zero-order valence-electron chi connectivity index (χ0n) is 19.9. The van der Waals surface area contributed by atoms with E-state index in [0.29, 0.717) is 65.2 Å². The van der Waals surface area contributed by atoms with Crippen molar-refractivity contribution in [2.24, 2.45) is 0 Å². The predicted octanol–water partition coefficient (Wildman–Crippen LogP) is 4.90. The maximum Gasteiger partial charge on any atom is 0.273 e. The summed E-state index contributed by atoms with van der Waals surface area (Å²) < 4.78 is 16.5. The van der Waals surface area contributed by atoms with Crippen LogP contribution in [0.25, 0.3) is 11.3 Å². The third-order valence-corrected chi connectivity index (χ3v) is 6.41. The van der Waals surface area contributed by atoms with Gasteiger partial charge in [0.25, 0.3) is 5.91 Å². The second-order valence-corrected chi connectivity index (χ2v) is 8.64. The number of carbonyl (C=O) groups excluding carboxylic acids is 1. The molecule has 1 atom stereocenters. The number of fused-ring (bicyclic) bond motifs is 1. The summed E-state index contributed by atoms with van der Waals surface area (Å²) >= 11 is 6.37. The second-order valence-electron chi connectivity index (χ2n) is 8.24. The number of halogens is 1. The first-order valence-corrected chi connectivity index (χ1v) is 11.6. The highest BCUT2D eigenvalue weighted by molar-refractivity contribution is 6.31. The van der Waals surface area contributed by atoms with Crippen molar-refractivity contribution in [3.8, 4) is 28.5 Å². The van der Waals surface area contributed by atoms with Crippen LogP contribution in [0, 0.1) is 6.92 Å². The number of aromatic hydroxyl groups is 1. The fourth-order valence-electron chi connectivity index (χ4n) is 4.34. The fraction of sp³-hybridized carbons (Fsp3) is 0.308. The van der Waals surface area contributed by atoms with Crippen molar-refractivity contribution in [1.29, 1.82) is 0 Å². The Morgan fingerprint density at radius 3 is 2.77 bits per heavy atom. The van der Waals surface area contributed by atoms with E-state index >= 15 is 0 Å². The summed E-state index contributed by atoms with van der Waals surface area (Å²) in [6, 6.07) is 8.36. The first-order valence-electron chi connectivity index (χ1n) is 11.2. The summed E-state index contributed by atoms with van der Waals surface area (Å²) in [7, 11) is 3.20. The van der Waals surface area contributed by atoms with Crippen LogP contribution in [0.15, 0.2) is 43.0 Å². The van der Waals surface area contributed by atoms with Gasteiger partial charge in [-0.1, -0.05) is 30.3 Å². The predicted molar refractivity (Wildman–Crippen MR) is 133 cm³/mol. The number of ether oxygens (including phenoxy) is 3. The number of phenols is 1. The van der Waals surface area contributed by atoms with E-state index in [4.69, 9.17) is 25.8 Å². The number of aromatic amines is 1. The smallest absolute Gasteiger partial charge is 0.273 e. The first kappa shape index (κ1) is 24.6. The van der Waals surface area contributed by atoms with E-state index in [2.05, 4.69) is 16.8 Å². The number of methoxy groups -OCH3 is 2. The minimum atomic E-state index is -0.468. The van der Waals surface area contributed by atoms with Crippen LogP contribution < -0.4 is 9.47 Å². The van der Waals surface area contributed by atoms with E-state index in [1.54, 1.807) is 37.3 Å². The molecule has 4 rings (SSSR count). The normalized spacial score (nSPS) is 14.8. The van der Waals surface area contributed by atoms with Crippen molar-refractivity contribution < 1.29 is 24.1 Å². The molecular formula is C26H28ClN3O5. The van der Waals surface area contributed by atoms with Crippen LogP contribution in [0.4, 0.5) is 0 Å². The summed E-state index contributed by atoms with van der Waals surface area (Å²) in [5.74, 6) is 0.967. The van der Waals surface area contributed by atoms with Gasteiger partial charge >= 0.3 is 0 Å². The molecule has 2 N–H and O–H groups in total. The Hall–Kier alpha value is -3.49. The molecule has 1 amide bonds. The van der Waals surface area contributed by atoms with E-state index in [-0.39, 0.29) is 11.7 Å². The molecule has 2 aromatic carbocycles. The summed E-state index contributed by atoms with van der Waals surface area (Å²) in [5.41, 5.74) is 3.53. The molecule has 0 radical (unpaired) electrons. The number of H-pyrrole nitrogens is 1. The number of benzene rings is 2. The van der Waals surface area contributed by atoms with Gasteiger partial charge in [-0.05, 0) is 48.7 Å². The zero-order chi connectivity index (χ0) is 25.1. The standard InChI is InChI=1S/C26H28ClN3O5/c1-5-10-35-20-8-7-16(13-21(20)34-4)25-22-23(17-14-18(27)15(2)12-19(17)31)28-29-24(22)26(32)30(25)9-6-11-33-3/h5,7-8,12-14,25,31H,1,6,9-11H2,2-4H3,(H,28,29). The quantitative estimate of drug-likeness (QED) is 0.305. The van der Waals surface area contributed by atoms with Crippen LogP contribution in [0.3, 0.4) is 0 Å². The molecule has 1 aliphatic heterocycles. The lowest BCUT2D eigenvalue weighted by Crippen LogP contribution is -2.31. The van der Waals surface area contributed by atoms with Gasteiger partial charge in [0.1, 0.15) is 23.7 Å². The number of carbonyl (C=O) groups is 1. The van der Waals surface area contributed by atoms with Crippen LogP contribution in [0.2, 0.25) is 5.02 Å². The average Bonchev–Trinajstić information content (AvgIpc) is 3.39. The van der Waals surface area contributed by atoms with Gasteiger partial charge in [-0.15, -0.1) is 0 Å². The average molecular weight is 498 g/mol. The number of rotatable bonds is 10. The van der Waals surface area contributed by atoms with Gasteiger partial charge in [0.2, 0.25) is 0 Å². The highest BCUT2D eigenvalue weighted by Crippen LogP contribution is 2.46. The largest absolute Gasteiger partial charge is 0.507 e. The molecule has 1 aliphatic rings. The molecule has 3 aromatic rings. The van der Waals surface area contributed by atoms with Gasteiger partial charge in [0.15, 0.2) is 11.5 Å². The highest BCUT2D eigenvalue weighted by Gasteiger charge is 2.42. The lowest BCUT2D eigenvalue weighted by atomic mass is 9.95. The number of amides is 1. The SMILES string of the molecule is C=CCOc1ccc(C2c3c(-c4cc(Cl)c(C)cc4O)n[nH]c3C(=O)N2CCCOC)cc1OC. The van der Waals surface area contributed by atoms with E-state index in [1.807, 2.05) is 25.1 Å². The Bertz CT molecular complexity index is 1260. The van der Waals surface area contributed by atoms with Crippen LogP contribution in [-0.4, -0.2) is 60.1 Å². The van der Waals surface area contributed by atoms with Crippen molar-refractivity contribution in [2.45, 2.75) is 19.4 Å². The number of aromatic nitrogens is 2. The van der Waals surface area contributed by atoms with Crippen molar-refractivity contribution in [3.05, 3.63) is 70.4 Å². The van der Waals surface area contributed by atoms with E-state index in [9.17, 15) is 9.90 Å². The molecule has 9 heteroatoms. The number of nitrogens with zero attached hydrogens (tertiary/aromatic N) is 2. The van der Waals surface area contributed by atoms with Crippen molar-refractivity contribution in [3.63, 3.8) is 0 Å². The Morgan fingerprint density at radius 2 is 2.06 bits per heavy atom. The Labute approximate surface area is 209 Å². The molecule has 35 heavy (non-hydrogen) atoms. The molecule has 184 valence electrons. The monoisotopic (exact) mass is 497 g/mol. The third-order valence-electron chi connectivity index (χ3n) is 6.00. The fourth-order valence-corrected chi connectivity index (χ4v) is 4.50. The summed E-state index contributed by atoms with van der Waals surface area (Å²) in [6.07, 6.45) is 2.31. The molecular weight excluding hydrogens is 470 g/mol. The number of hydrogen-bond acceptors (Lipinski definition) is 6. The third kappa shape index (κ3) is 4.59. The van der Waals surface area contributed by atoms with Gasteiger partial charge in [0.05, 0.1) is 13.2 Å². The Morgan fingerprint density at radius 1 is 1.26 bits per heavy atom. The van der Waals surface area contributed by atoms with Gasteiger partial charge in [-0.2, -0.15) is 5.10 Å². The maximum absolute atomic E-state index is 13.4. The van der Waals surface area contributed by atoms with Crippen LogP contribution in [0.1, 0.15) is 39.6 Å². The first-order chi connectivity index (χ1) is 16.9. The van der Waals surface area contributed by atoms with E-state index in [0.717, 1.165) is 11.1 Å². The minimum Gasteiger partial charge on any atom is -0.507 e. The molecule has 0 aliphatic carbocycles. The van der Waals surface area contributed by atoms with E-state index in [1.165, 1.54) is 0 Å². The second kappa shape index (κ2) is 10.4. The molecule has 0 bridgehead atoms. The summed E-state index contributed by atoms with van der Waals surface area (Å²) in [6.45, 7) is 6.82. The molecule has 0 fully saturated rings. The van der Waals surface area contributed by atoms with Gasteiger partial charge in [-0.3, -0.25) is 9.89 Å². The van der Waals surface area contributed by atoms with Gasteiger partial charge < -0.3 is 24.2 Å². The van der Waals surface area contributed by atoms with Crippen molar-refractivity contribution in [2.75, 3.05) is 34.0 Å². The molecule has 2 heterocycles. The van der Waals surface area contributed by atoms with Crippen LogP contribution >= 0.6 is 11.6 Å². The minimum absolute atomic E-state index is 0.0379. The van der Waals surface area contributed by atoms with Crippen LogP contribution in [0.5, 0.6) is 17.2 Å². The van der Waals surface area contributed by atoms with Crippen LogP contribution in [-0.2, 0) is 4.74 Å². The number of hydrogen-bond donors (Lipinski definition) is 2. The van der Waals surface area contributed by atoms with Crippen molar-refractivity contribution in [1.82, 2.24) is 15.1 Å². The lowest BCUT2D eigenvalue weighted by molar-refractivity contribution is 0.0723.